The van der Waals surface area contributed by atoms with Crippen molar-refractivity contribution in [2.45, 2.75) is 6.92 Å². The summed E-state index contributed by atoms with van der Waals surface area (Å²) in [5.41, 5.74) is 0.458. The van der Waals surface area contributed by atoms with Crippen LogP contribution in [0, 0.1) is 11.3 Å². The molecule has 0 radical (unpaired) electrons. The quantitative estimate of drug-likeness (QED) is 0.756. The first-order valence-corrected chi connectivity index (χ1v) is 9.02. The molecular weight excluding hydrogens is 362 g/mol. The normalized spacial score (nSPS) is 13.7. The molecule has 0 N–H and O–H groups in total. The SMILES string of the molecule is CCOc1cc(C#N)ccc1OCC(=O)N1CCN(C(=O)c2ccco2)CC1. The lowest BCUT2D eigenvalue weighted by Crippen LogP contribution is -2.51. The first-order chi connectivity index (χ1) is 13.6. The zero-order chi connectivity index (χ0) is 19.9. The molecule has 0 bridgehead atoms. The number of nitrogens with zero attached hydrogens (tertiary/aromatic N) is 3. The molecule has 2 aromatic rings. The summed E-state index contributed by atoms with van der Waals surface area (Å²) >= 11 is 0. The lowest BCUT2D eigenvalue weighted by atomic mass is 10.2. The molecule has 146 valence electrons. The molecule has 8 heteroatoms. The Morgan fingerprint density at radius 1 is 1.11 bits per heavy atom. The molecule has 1 aromatic heterocycles. The number of hydrogen-bond donors (Lipinski definition) is 0. The molecule has 1 fully saturated rings. The van der Waals surface area contributed by atoms with Crippen molar-refractivity contribution in [1.29, 1.82) is 5.26 Å². The van der Waals surface area contributed by atoms with Gasteiger partial charge in [-0.2, -0.15) is 5.26 Å². The van der Waals surface area contributed by atoms with E-state index in [0.29, 0.717) is 55.6 Å². The van der Waals surface area contributed by atoms with E-state index in [1.807, 2.05) is 13.0 Å². The Kier molecular flexibility index (Phi) is 6.17. The Balaban J connectivity index is 1.52. The van der Waals surface area contributed by atoms with E-state index in [1.165, 1.54) is 6.26 Å². The highest BCUT2D eigenvalue weighted by atomic mass is 16.5. The van der Waals surface area contributed by atoms with Crippen LogP contribution in [0.4, 0.5) is 0 Å². The molecule has 0 aliphatic carbocycles. The van der Waals surface area contributed by atoms with E-state index in [4.69, 9.17) is 19.2 Å². The van der Waals surface area contributed by atoms with E-state index < -0.39 is 0 Å². The van der Waals surface area contributed by atoms with E-state index in [9.17, 15) is 9.59 Å². The van der Waals surface area contributed by atoms with E-state index in [0.717, 1.165) is 0 Å². The van der Waals surface area contributed by atoms with Crippen LogP contribution in [-0.2, 0) is 4.79 Å². The number of benzene rings is 1. The number of furan rings is 1. The van der Waals surface area contributed by atoms with Gasteiger partial charge >= 0.3 is 0 Å². The number of nitriles is 1. The van der Waals surface area contributed by atoms with E-state index in [2.05, 4.69) is 0 Å². The number of amides is 2. The van der Waals surface area contributed by atoms with Gasteiger partial charge in [0.2, 0.25) is 0 Å². The minimum absolute atomic E-state index is 0.141. The van der Waals surface area contributed by atoms with E-state index in [-0.39, 0.29) is 18.4 Å². The number of piperazine rings is 1. The van der Waals surface area contributed by atoms with Gasteiger partial charge in [0.15, 0.2) is 23.9 Å². The van der Waals surface area contributed by atoms with Crippen LogP contribution in [0.2, 0.25) is 0 Å². The van der Waals surface area contributed by atoms with Gasteiger partial charge in [-0.1, -0.05) is 0 Å². The van der Waals surface area contributed by atoms with Gasteiger partial charge in [0.05, 0.1) is 24.5 Å². The number of ether oxygens (including phenoxy) is 2. The van der Waals surface area contributed by atoms with Gasteiger partial charge in [0, 0.05) is 32.2 Å². The predicted molar refractivity (Wildman–Crippen MR) is 99.0 cm³/mol. The zero-order valence-electron chi connectivity index (χ0n) is 15.6. The summed E-state index contributed by atoms with van der Waals surface area (Å²) in [4.78, 5) is 28.0. The average Bonchev–Trinajstić information content (AvgIpc) is 3.27. The van der Waals surface area contributed by atoms with E-state index in [1.54, 1.807) is 40.1 Å². The van der Waals surface area contributed by atoms with Crippen LogP contribution in [0.15, 0.2) is 41.0 Å². The van der Waals surface area contributed by atoms with Gasteiger partial charge in [-0.3, -0.25) is 9.59 Å². The molecule has 0 unspecified atom stereocenters. The Bertz CT molecular complexity index is 864. The van der Waals surface area contributed by atoms with Crippen molar-refractivity contribution >= 4 is 11.8 Å². The highest BCUT2D eigenvalue weighted by Gasteiger charge is 2.26. The molecule has 1 aliphatic rings. The van der Waals surface area contributed by atoms with Crippen molar-refractivity contribution in [3.8, 4) is 17.6 Å². The zero-order valence-corrected chi connectivity index (χ0v) is 15.6. The Morgan fingerprint density at radius 3 is 2.50 bits per heavy atom. The van der Waals surface area contributed by atoms with Gasteiger partial charge in [0.25, 0.3) is 11.8 Å². The minimum Gasteiger partial charge on any atom is -0.490 e. The Morgan fingerprint density at radius 2 is 1.86 bits per heavy atom. The Labute approximate surface area is 162 Å². The summed E-state index contributed by atoms with van der Waals surface area (Å²) in [6.45, 7) is 3.85. The van der Waals surface area contributed by atoms with E-state index >= 15 is 0 Å². The highest BCUT2D eigenvalue weighted by molar-refractivity contribution is 5.91. The third-order valence-corrected chi connectivity index (χ3v) is 4.38. The van der Waals surface area contributed by atoms with Crippen molar-refractivity contribution in [3.05, 3.63) is 47.9 Å². The summed E-state index contributed by atoms with van der Waals surface area (Å²) < 4.78 is 16.2. The van der Waals surface area contributed by atoms with Gasteiger partial charge in [-0.25, -0.2) is 0 Å². The molecular formula is C20H21N3O5. The first kappa shape index (κ1) is 19.3. The van der Waals surface area contributed by atoms with Crippen molar-refractivity contribution < 1.29 is 23.5 Å². The predicted octanol–water partition coefficient (Wildman–Crippen LogP) is 1.91. The minimum atomic E-state index is -0.174. The van der Waals surface area contributed by atoms with Crippen LogP contribution in [0.3, 0.4) is 0 Å². The van der Waals surface area contributed by atoms with Crippen LogP contribution in [0.5, 0.6) is 11.5 Å². The average molecular weight is 383 g/mol. The molecule has 2 amide bonds. The molecule has 0 spiro atoms. The summed E-state index contributed by atoms with van der Waals surface area (Å²) in [6.07, 6.45) is 1.46. The van der Waals surface area contributed by atoms with Crippen LogP contribution < -0.4 is 9.47 Å². The fourth-order valence-electron chi connectivity index (χ4n) is 2.91. The lowest BCUT2D eigenvalue weighted by Gasteiger charge is -2.34. The summed E-state index contributed by atoms with van der Waals surface area (Å²) in [7, 11) is 0. The summed E-state index contributed by atoms with van der Waals surface area (Å²) in [5.74, 6) is 0.806. The van der Waals surface area contributed by atoms with Crippen molar-refractivity contribution in [2.24, 2.45) is 0 Å². The molecule has 8 nitrogen and oxygen atoms in total. The molecule has 3 rings (SSSR count). The van der Waals surface area contributed by atoms with Crippen LogP contribution in [-0.4, -0.2) is 61.0 Å². The number of rotatable bonds is 6. The van der Waals surface area contributed by atoms with Gasteiger partial charge in [-0.15, -0.1) is 0 Å². The highest BCUT2D eigenvalue weighted by Crippen LogP contribution is 2.28. The summed E-state index contributed by atoms with van der Waals surface area (Å²) in [6, 6.07) is 10.2. The molecule has 1 saturated heterocycles. The fraction of sp³-hybridized carbons (Fsp3) is 0.350. The van der Waals surface area contributed by atoms with Crippen molar-refractivity contribution in [3.63, 3.8) is 0 Å². The smallest absolute Gasteiger partial charge is 0.289 e. The standard InChI is InChI=1S/C20H21N3O5/c1-2-26-18-12-15(13-21)5-6-16(18)28-14-19(24)22-7-9-23(10-8-22)20(25)17-4-3-11-27-17/h3-6,11-12H,2,7-10,14H2,1H3. The second-order valence-electron chi connectivity index (χ2n) is 6.15. The number of carbonyl (C=O) groups excluding carboxylic acids is 2. The molecule has 1 aromatic carbocycles. The maximum atomic E-state index is 12.5. The third-order valence-electron chi connectivity index (χ3n) is 4.38. The van der Waals surface area contributed by atoms with Crippen LogP contribution in [0.1, 0.15) is 23.0 Å². The fourth-order valence-corrected chi connectivity index (χ4v) is 2.91. The lowest BCUT2D eigenvalue weighted by molar-refractivity contribution is -0.134. The first-order valence-electron chi connectivity index (χ1n) is 9.02. The number of hydrogen-bond acceptors (Lipinski definition) is 6. The maximum Gasteiger partial charge on any atom is 0.289 e. The second-order valence-corrected chi connectivity index (χ2v) is 6.15. The van der Waals surface area contributed by atoms with Crippen LogP contribution in [0.25, 0.3) is 0 Å². The van der Waals surface area contributed by atoms with Crippen LogP contribution >= 0.6 is 0 Å². The maximum absolute atomic E-state index is 12.5. The Hall–Kier alpha value is -3.47. The largest absolute Gasteiger partial charge is 0.490 e. The van der Waals surface area contributed by atoms with Crippen molar-refractivity contribution in [1.82, 2.24) is 9.80 Å². The topological polar surface area (TPSA) is 96.0 Å². The second kappa shape index (κ2) is 8.95. The third kappa shape index (κ3) is 4.43. The van der Waals surface area contributed by atoms with Crippen molar-refractivity contribution in [2.75, 3.05) is 39.4 Å². The van der Waals surface area contributed by atoms with Gasteiger partial charge in [0.1, 0.15) is 0 Å². The number of carbonyl (C=O) groups is 2. The van der Waals surface area contributed by atoms with Gasteiger partial charge in [-0.05, 0) is 31.2 Å². The molecule has 2 heterocycles. The molecule has 1 aliphatic heterocycles. The monoisotopic (exact) mass is 383 g/mol. The molecule has 0 saturated carbocycles. The molecule has 28 heavy (non-hydrogen) atoms. The van der Waals surface area contributed by atoms with Gasteiger partial charge < -0.3 is 23.7 Å². The summed E-state index contributed by atoms with van der Waals surface area (Å²) in [5, 5.41) is 8.99. The molecule has 0 atom stereocenters.